The van der Waals surface area contributed by atoms with Crippen molar-refractivity contribution in [3.63, 3.8) is 0 Å². The molecule has 0 saturated heterocycles. The van der Waals surface area contributed by atoms with E-state index in [0.29, 0.717) is 17.7 Å². The lowest BCUT2D eigenvalue weighted by Crippen LogP contribution is -2.45. The van der Waals surface area contributed by atoms with E-state index < -0.39 is 6.04 Å². The number of hydrogen-bond acceptors (Lipinski definition) is 2. The van der Waals surface area contributed by atoms with Crippen molar-refractivity contribution in [2.24, 2.45) is 0 Å². The summed E-state index contributed by atoms with van der Waals surface area (Å²) in [5, 5.41) is 2.97. The second kappa shape index (κ2) is 7.60. The molecule has 0 spiro atoms. The fourth-order valence-corrected chi connectivity index (χ4v) is 3.76. The van der Waals surface area contributed by atoms with Gasteiger partial charge in [-0.1, -0.05) is 52.3 Å². The van der Waals surface area contributed by atoms with Crippen molar-refractivity contribution < 1.29 is 9.59 Å². The van der Waals surface area contributed by atoms with Crippen molar-refractivity contribution in [2.45, 2.75) is 19.4 Å². The highest BCUT2D eigenvalue weighted by Gasteiger charge is 2.38. The van der Waals surface area contributed by atoms with Crippen molar-refractivity contribution in [1.29, 1.82) is 0 Å². The Morgan fingerprint density at radius 2 is 1.71 bits per heavy atom. The summed E-state index contributed by atoms with van der Waals surface area (Å²) < 4.78 is 0.986. The maximum atomic E-state index is 13.2. The minimum Gasteiger partial charge on any atom is -0.324 e. The third kappa shape index (κ3) is 3.45. The van der Waals surface area contributed by atoms with Crippen molar-refractivity contribution in [3.8, 4) is 0 Å². The fourth-order valence-electron chi connectivity index (χ4n) is 3.51. The molecular weight excluding hydrogens is 416 g/mol. The number of halogens is 1. The number of nitrogens with one attached hydrogen (secondary N) is 1. The van der Waals surface area contributed by atoms with Gasteiger partial charge in [-0.25, -0.2) is 0 Å². The molecule has 1 aliphatic heterocycles. The zero-order chi connectivity index (χ0) is 19.7. The highest BCUT2D eigenvalue weighted by Crippen LogP contribution is 2.34. The average molecular weight is 435 g/mol. The van der Waals surface area contributed by atoms with Gasteiger partial charge < -0.3 is 5.32 Å². The second-order valence-electron chi connectivity index (χ2n) is 6.84. The Balaban J connectivity index is 1.66. The molecular formula is C23H19BrN2O2. The molecule has 3 aromatic rings. The second-order valence-corrected chi connectivity index (χ2v) is 7.70. The van der Waals surface area contributed by atoms with Crippen LogP contribution in [0.3, 0.4) is 0 Å². The SMILES string of the molecule is Cc1cc(NC(=O)[C@@H]2Cc3ccccc3N2C(=O)c2ccccc2)ccc1Br. The highest BCUT2D eigenvalue weighted by molar-refractivity contribution is 9.10. The van der Waals surface area contributed by atoms with Gasteiger partial charge in [-0.2, -0.15) is 0 Å². The van der Waals surface area contributed by atoms with Crippen molar-refractivity contribution in [2.75, 3.05) is 10.2 Å². The first-order valence-corrected chi connectivity index (χ1v) is 9.87. The van der Waals surface area contributed by atoms with Gasteiger partial charge in [-0.3, -0.25) is 14.5 Å². The molecule has 1 aliphatic rings. The number of aryl methyl sites for hydroxylation is 1. The number of para-hydroxylation sites is 1. The maximum absolute atomic E-state index is 13.2. The third-order valence-electron chi connectivity index (χ3n) is 4.94. The summed E-state index contributed by atoms with van der Waals surface area (Å²) in [7, 11) is 0. The molecule has 5 heteroatoms. The number of anilines is 2. The van der Waals surface area contributed by atoms with Crippen molar-refractivity contribution in [1.82, 2.24) is 0 Å². The highest BCUT2D eigenvalue weighted by atomic mass is 79.9. The number of fused-ring (bicyclic) bond motifs is 1. The van der Waals surface area contributed by atoms with E-state index in [4.69, 9.17) is 0 Å². The summed E-state index contributed by atoms with van der Waals surface area (Å²) in [4.78, 5) is 27.9. The van der Waals surface area contributed by atoms with Crippen molar-refractivity contribution in [3.05, 3.63) is 94.0 Å². The molecule has 4 rings (SSSR count). The zero-order valence-corrected chi connectivity index (χ0v) is 16.9. The average Bonchev–Trinajstić information content (AvgIpc) is 3.10. The summed E-state index contributed by atoms with van der Waals surface area (Å²) in [6.45, 7) is 1.97. The predicted molar refractivity (Wildman–Crippen MR) is 115 cm³/mol. The molecule has 0 radical (unpaired) electrons. The summed E-state index contributed by atoms with van der Waals surface area (Å²) in [5.41, 5.74) is 4.11. The van der Waals surface area contributed by atoms with Gasteiger partial charge in [0.15, 0.2) is 0 Å². The van der Waals surface area contributed by atoms with Gasteiger partial charge in [0.25, 0.3) is 5.91 Å². The Labute approximate surface area is 172 Å². The predicted octanol–water partition coefficient (Wildman–Crippen LogP) is 4.97. The quantitative estimate of drug-likeness (QED) is 0.632. The van der Waals surface area contributed by atoms with Gasteiger partial charge >= 0.3 is 0 Å². The first kappa shape index (κ1) is 18.4. The van der Waals surface area contributed by atoms with Crippen LogP contribution >= 0.6 is 15.9 Å². The van der Waals surface area contributed by atoms with Crippen LogP contribution in [0.2, 0.25) is 0 Å². The molecule has 0 saturated carbocycles. The van der Waals surface area contributed by atoms with E-state index in [1.54, 1.807) is 17.0 Å². The van der Waals surface area contributed by atoms with E-state index in [2.05, 4.69) is 21.2 Å². The van der Waals surface area contributed by atoms with Crippen molar-refractivity contribution >= 4 is 39.1 Å². The van der Waals surface area contributed by atoms with Crippen LogP contribution < -0.4 is 10.2 Å². The van der Waals surface area contributed by atoms with Crippen LogP contribution in [-0.2, 0) is 11.2 Å². The van der Waals surface area contributed by atoms with E-state index in [0.717, 1.165) is 21.3 Å². The topological polar surface area (TPSA) is 49.4 Å². The summed E-state index contributed by atoms with van der Waals surface area (Å²) in [6.07, 6.45) is 0.496. The van der Waals surface area contributed by atoms with Gasteiger partial charge in [0.05, 0.1) is 0 Å². The minimum atomic E-state index is -0.589. The lowest BCUT2D eigenvalue weighted by atomic mass is 10.1. The molecule has 0 bridgehead atoms. The molecule has 1 N–H and O–H groups in total. The molecule has 0 aromatic heterocycles. The Hall–Kier alpha value is -2.92. The number of carbonyl (C=O) groups excluding carboxylic acids is 2. The summed E-state index contributed by atoms with van der Waals surface area (Å²) in [5.74, 6) is -0.361. The molecule has 140 valence electrons. The normalized spacial score (nSPS) is 15.2. The van der Waals surface area contributed by atoms with Gasteiger partial charge in [0, 0.05) is 27.8 Å². The minimum absolute atomic E-state index is 0.169. The Kier molecular flexibility index (Phi) is 5.01. The van der Waals surface area contributed by atoms with E-state index >= 15 is 0 Å². The van der Waals surface area contributed by atoms with Crippen LogP contribution in [0.1, 0.15) is 21.5 Å². The molecule has 28 heavy (non-hydrogen) atoms. The Morgan fingerprint density at radius 1 is 1.00 bits per heavy atom. The van der Waals surface area contributed by atoms with E-state index in [1.165, 1.54) is 0 Å². The number of carbonyl (C=O) groups is 2. The fraction of sp³-hybridized carbons (Fsp3) is 0.130. The first-order chi connectivity index (χ1) is 13.5. The van der Waals surface area contributed by atoms with Crippen LogP contribution in [0, 0.1) is 6.92 Å². The lowest BCUT2D eigenvalue weighted by Gasteiger charge is -2.25. The molecule has 1 heterocycles. The van der Waals surface area contributed by atoms with E-state index in [9.17, 15) is 9.59 Å². The first-order valence-electron chi connectivity index (χ1n) is 9.08. The number of hydrogen-bond donors (Lipinski definition) is 1. The van der Waals surface area contributed by atoms with Gasteiger partial charge in [-0.05, 0) is 54.4 Å². The summed E-state index contributed by atoms with van der Waals surface area (Å²) >= 11 is 3.47. The van der Waals surface area contributed by atoms with Crippen LogP contribution in [0.4, 0.5) is 11.4 Å². The Morgan fingerprint density at radius 3 is 2.46 bits per heavy atom. The number of nitrogens with zero attached hydrogens (tertiary/aromatic N) is 1. The number of amides is 2. The summed E-state index contributed by atoms with van der Waals surface area (Å²) in [6, 6.07) is 21.8. The number of rotatable bonds is 3. The molecule has 2 amide bonds. The molecule has 1 atom stereocenters. The molecule has 0 fully saturated rings. The molecule has 3 aromatic carbocycles. The Bertz CT molecular complexity index is 1050. The van der Waals surface area contributed by atoms with Gasteiger partial charge in [0.1, 0.15) is 6.04 Å². The van der Waals surface area contributed by atoms with Gasteiger partial charge in [0.2, 0.25) is 5.91 Å². The smallest absolute Gasteiger partial charge is 0.259 e. The van der Waals surface area contributed by atoms with Gasteiger partial charge in [-0.15, -0.1) is 0 Å². The lowest BCUT2D eigenvalue weighted by molar-refractivity contribution is -0.117. The molecule has 4 nitrogen and oxygen atoms in total. The third-order valence-corrected chi connectivity index (χ3v) is 5.83. The standard InChI is InChI=1S/C23H19BrN2O2/c1-15-13-18(11-12-19(15)24)25-22(27)21-14-17-9-5-6-10-20(17)26(21)23(28)16-7-3-2-4-8-16/h2-13,21H,14H2,1H3,(H,25,27)/t21-/m0/s1. The van der Waals surface area contributed by atoms with Crippen LogP contribution in [-0.4, -0.2) is 17.9 Å². The number of benzene rings is 3. The largest absolute Gasteiger partial charge is 0.324 e. The van der Waals surface area contributed by atoms with E-state index in [-0.39, 0.29) is 11.8 Å². The molecule has 0 aliphatic carbocycles. The monoisotopic (exact) mass is 434 g/mol. The van der Waals surface area contributed by atoms with E-state index in [1.807, 2.05) is 67.6 Å². The van der Waals surface area contributed by atoms with Crippen LogP contribution in [0.25, 0.3) is 0 Å². The maximum Gasteiger partial charge on any atom is 0.259 e. The van der Waals surface area contributed by atoms with Crippen LogP contribution in [0.5, 0.6) is 0 Å². The zero-order valence-electron chi connectivity index (χ0n) is 15.4. The molecule has 0 unspecified atom stereocenters. The van der Waals surface area contributed by atoms with Crippen LogP contribution in [0.15, 0.2) is 77.3 Å².